The SMILES string of the molecule is CN1CCC(c2c(O)cc(O)c3c(=O)c(I)c(-c4ccc(C(F)(F)F)cc4Cl)oc23)C1CO. The van der Waals surface area contributed by atoms with Gasteiger partial charge >= 0.3 is 6.18 Å². The van der Waals surface area contributed by atoms with Crippen LogP contribution in [-0.2, 0) is 6.18 Å². The van der Waals surface area contributed by atoms with Crippen molar-refractivity contribution in [3.63, 3.8) is 0 Å². The molecule has 1 fully saturated rings. The van der Waals surface area contributed by atoms with E-state index in [-0.39, 0.29) is 54.8 Å². The van der Waals surface area contributed by atoms with Crippen molar-refractivity contribution in [2.75, 3.05) is 20.2 Å². The Bertz CT molecular complexity index is 1310. The molecule has 6 nitrogen and oxygen atoms in total. The van der Waals surface area contributed by atoms with Gasteiger partial charge in [0.2, 0.25) is 5.43 Å². The fourth-order valence-corrected chi connectivity index (χ4v) is 5.29. The van der Waals surface area contributed by atoms with Crippen LogP contribution in [-0.4, -0.2) is 46.5 Å². The van der Waals surface area contributed by atoms with Gasteiger partial charge in [0.15, 0.2) is 5.76 Å². The van der Waals surface area contributed by atoms with Gasteiger partial charge in [-0.25, -0.2) is 0 Å². The van der Waals surface area contributed by atoms with E-state index in [1.165, 1.54) is 0 Å². The number of phenolic OH excluding ortho intramolecular Hbond substituents is 2. The molecule has 1 saturated heterocycles. The van der Waals surface area contributed by atoms with Gasteiger partial charge in [-0.05, 0) is 60.8 Å². The lowest BCUT2D eigenvalue weighted by Gasteiger charge is -2.24. The number of halogens is 5. The molecule has 3 N–H and O–H groups in total. The molecule has 3 aromatic rings. The minimum Gasteiger partial charge on any atom is -0.507 e. The smallest absolute Gasteiger partial charge is 0.416 e. The largest absolute Gasteiger partial charge is 0.507 e. The zero-order chi connectivity index (χ0) is 24.2. The second-order valence-electron chi connectivity index (χ2n) is 7.92. The second kappa shape index (κ2) is 8.64. The third-order valence-corrected chi connectivity index (χ3v) is 7.32. The highest BCUT2D eigenvalue weighted by molar-refractivity contribution is 14.1. The topological polar surface area (TPSA) is 94.1 Å². The van der Waals surface area contributed by atoms with Crippen molar-refractivity contribution in [2.24, 2.45) is 0 Å². The molecule has 0 amide bonds. The maximum Gasteiger partial charge on any atom is 0.416 e. The number of fused-ring (bicyclic) bond motifs is 1. The van der Waals surface area contributed by atoms with Gasteiger partial charge in [-0.1, -0.05) is 11.6 Å². The van der Waals surface area contributed by atoms with Crippen molar-refractivity contribution in [1.82, 2.24) is 4.90 Å². The Morgan fingerprint density at radius 3 is 2.55 bits per heavy atom. The number of rotatable bonds is 3. The van der Waals surface area contributed by atoms with E-state index < -0.39 is 28.8 Å². The monoisotopic (exact) mass is 595 g/mol. The molecule has 2 atom stereocenters. The van der Waals surface area contributed by atoms with Crippen LogP contribution in [0.25, 0.3) is 22.3 Å². The van der Waals surface area contributed by atoms with Crippen molar-refractivity contribution in [3.05, 3.63) is 54.2 Å². The van der Waals surface area contributed by atoms with Gasteiger partial charge in [-0.2, -0.15) is 13.2 Å². The fraction of sp³-hybridized carbons (Fsp3) is 0.318. The van der Waals surface area contributed by atoms with E-state index in [1.807, 2.05) is 11.9 Å². The number of hydrogen-bond acceptors (Lipinski definition) is 6. The quantitative estimate of drug-likeness (QED) is 0.372. The summed E-state index contributed by atoms with van der Waals surface area (Å²) < 4.78 is 45.2. The van der Waals surface area contributed by atoms with Gasteiger partial charge in [0.25, 0.3) is 0 Å². The summed E-state index contributed by atoms with van der Waals surface area (Å²) in [5.41, 5.74) is -1.37. The highest BCUT2D eigenvalue weighted by atomic mass is 127. The number of likely N-dealkylation sites (N-methyl/N-ethyl adjacent to an activating group) is 1. The molecular weight excluding hydrogens is 578 g/mol. The summed E-state index contributed by atoms with van der Waals surface area (Å²) in [6.45, 7) is 0.402. The second-order valence-corrected chi connectivity index (χ2v) is 9.41. The van der Waals surface area contributed by atoms with Crippen molar-refractivity contribution in [3.8, 4) is 22.8 Å². The molecule has 1 aromatic heterocycles. The molecule has 2 aromatic carbocycles. The van der Waals surface area contributed by atoms with Crippen LogP contribution in [0.2, 0.25) is 5.02 Å². The third kappa shape index (κ3) is 4.07. The first-order valence-electron chi connectivity index (χ1n) is 9.85. The average molecular weight is 596 g/mol. The fourth-order valence-electron chi connectivity index (χ4n) is 4.35. The summed E-state index contributed by atoms with van der Waals surface area (Å²) in [7, 11) is 1.81. The Balaban J connectivity index is 2.02. The standard InChI is InChI=1S/C22H18ClF3INO5/c1-28-5-4-11(13(28)8-29)16-14(30)7-15(31)17-19(32)18(27)20(33-21(16)17)10-3-2-9(6-12(10)23)22(24,25)26/h2-3,6-7,11,13,29-31H,4-5,8H2,1H3. The van der Waals surface area contributed by atoms with Gasteiger partial charge in [-0.15, -0.1) is 0 Å². The van der Waals surface area contributed by atoms with Crippen LogP contribution in [0.3, 0.4) is 0 Å². The molecule has 4 rings (SSSR count). The summed E-state index contributed by atoms with van der Waals surface area (Å²) in [6.07, 6.45) is -4.06. The lowest BCUT2D eigenvalue weighted by molar-refractivity contribution is -0.137. The summed E-state index contributed by atoms with van der Waals surface area (Å²) in [5, 5.41) is 30.5. The molecule has 1 aliphatic rings. The van der Waals surface area contributed by atoms with Gasteiger partial charge < -0.3 is 24.6 Å². The van der Waals surface area contributed by atoms with Crippen LogP contribution >= 0.6 is 34.2 Å². The van der Waals surface area contributed by atoms with E-state index in [4.69, 9.17) is 16.0 Å². The van der Waals surface area contributed by atoms with Crippen LogP contribution in [0.15, 0.2) is 33.5 Å². The maximum absolute atomic E-state index is 13.2. The zero-order valence-corrected chi connectivity index (χ0v) is 20.0. The number of likely N-dealkylation sites (tertiary alicyclic amines) is 1. The van der Waals surface area contributed by atoms with Crippen molar-refractivity contribution in [2.45, 2.75) is 24.6 Å². The van der Waals surface area contributed by atoms with Gasteiger partial charge in [-0.3, -0.25) is 4.79 Å². The van der Waals surface area contributed by atoms with Gasteiger partial charge in [0, 0.05) is 29.2 Å². The van der Waals surface area contributed by atoms with Crippen LogP contribution in [0.5, 0.6) is 11.5 Å². The first kappa shape index (κ1) is 24.1. The number of hydrogen-bond donors (Lipinski definition) is 3. The Labute approximate surface area is 204 Å². The summed E-state index contributed by atoms with van der Waals surface area (Å²) >= 11 is 7.82. The van der Waals surface area contributed by atoms with Gasteiger partial charge in [0.1, 0.15) is 26.0 Å². The molecule has 0 aliphatic carbocycles. The van der Waals surface area contributed by atoms with E-state index >= 15 is 0 Å². The average Bonchev–Trinajstić information content (AvgIpc) is 3.09. The van der Waals surface area contributed by atoms with Crippen LogP contribution < -0.4 is 5.43 Å². The number of aliphatic hydroxyl groups excluding tert-OH is 1. The number of benzene rings is 2. The predicted molar refractivity (Wildman–Crippen MR) is 125 cm³/mol. The molecule has 0 radical (unpaired) electrons. The first-order chi connectivity index (χ1) is 15.5. The predicted octanol–water partition coefficient (Wildman–Crippen LogP) is 4.93. The minimum atomic E-state index is -4.60. The lowest BCUT2D eigenvalue weighted by Crippen LogP contribution is -2.32. The molecule has 2 heterocycles. The third-order valence-electron chi connectivity index (χ3n) is 6.03. The van der Waals surface area contributed by atoms with E-state index in [2.05, 4.69) is 0 Å². The highest BCUT2D eigenvalue weighted by Crippen LogP contribution is 2.45. The number of nitrogens with zero attached hydrogens (tertiary/aromatic N) is 1. The molecule has 0 bridgehead atoms. The minimum absolute atomic E-state index is 0.0101. The van der Waals surface area contributed by atoms with Crippen molar-refractivity contribution < 1.29 is 32.9 Å². The highest BCUT2D eigenvalue weighted by Gasteiger charge is 2.37. The van der Waals surface area contributed by atoms with E-state index in [9.17, 15) is 33.3 Å². The Morgan fingerprint density at radius 1 is 1.24 bits per heavy atom. The Hall–Kier alpha value is -2.02. The Morgan fingerprint density at radius 2 is 1.94 bits per heavy atom. The summed E-state index contributed by atoms with van der Waals surface area (Å²) in [4.78, 5) is 15.1. The zero-order valence-electron chi connectivity index (χ0n) is 17.1. The molecular formula is C22H18ClF3INO5. The number of alkyl halides is 3. The normalized spacial score (nSPS) is 19.5. The van der Waals surface area contributed by atoms with Crippen LogP contribution in [0.1, 0.15) is 23.5 Å². The molecule has 0 spiro atoms. The van der Waals surface area contributed by atoms with Crippen LogP contribution in [0.4, 0.5) is 13.2 Å². The van der Waals surface area contributed by atoms with Crippen molar-refractivity contribution in [1.29, 1.82) is 0 Å². The van der Waals surface area contributed by atoms with Crippen molar-refractivity contribution >= 4 is 45.2 Å². The Kier molecular flexibility index (Phi) is 6.31. The molecule has 2 unspecified atom stereocenters. The molecule has 33 heavy (non-hydrogen) atoms. The lowest BCUT2D eigenvalue weighted by atomic mass is 9.89. The molecule has 11 heteroatoms. The maximum atomic E-state index is 13.2. The molecule has 1 aliphatic heterocycles. The van der Waals surface area contributed by atoms with E-state index in [1.54, 1.807) is 22.6 Å². The van der Waals surface area contributed by atoms with E-state index in [0.717, 1.165) is 24.3 Å². The number of aromatic hydroxyl groups is 2. The number of phenols is 2. The summed E-state index contributed by atoms with van der Waals surface area (Å²) in [6, 6.07) is 3.37. The van der Waals surface area contributed by atoms with Gasteiger partial charge in [0.05, 0.1) is 17.2 Å². The molecule has 176 valence electrons. The molecule has 0 saturated carbocycles. The first-order valence-corrected chi connectivity index (χ1v) is 11.3. The number of aliphatic hydroxyl groups is 1. The summed E-state index contributed by atoms with van der Waals surface area (Å²) in [5.74, 6) is -1.30. The van der Waals surface area contributed by atoms with Crippen LogP contribution in [0, 0.1) is 3.57 Å². The van der Waals surface area contributed by atoms with E-state index in [0.29, 0.717) is 13.0 Å².